The lowest BCUT2D eigenvalue weighted by molar-refractivity contribution is 0.218. The van der Waals surface area contributed by atoms with Gasteiger partial charge in [0.25, 0.3) is 0 Å². The van der Waals surface area contributed by atoms with Crippen LogP contribution in [0.15, 0.2) is 23.2 Å². The molecule has 0 spiro atoms. The average Bonchev–Trinajstić information content (AvgIpc) is 3.04. The second-order valence-electron chi connectivity index (χ2n) is 8.78. The summed E-state index contributed by atoms with van der Waals surface area (Å²) in [5.74, 6) is 0.847. The quantitative estimate of drug-likeness (QED) is 0.609. The molecule has 29 heavy (non-hydrogen) atoms. The summed E-state index contributed by atoms with van der Waals surface area (Å²) in [5.41, 5.74) is 3.85. The van der Waals surface area contributed by atoms with E-state index in [0.29, 0.717) is 17.0 Å². The number of rotatable bonds is 5. The van der Waals surface area contributed by atoms with Crippen LogP contribution in [0.1, 0.15) is 62.6 Å². The zero-order valence-electron chi connectivity index (χ0n) is 18.1. The molecule has 0 aliphatic heterocycles. The first-order chi connectivity index (χ1) is 13.8. The monoisotopic (exact) mass is 409 g/mol. The maximum absolute atomic E-state index is 10.4. The third-order valence-electron chi connectivity index (χ3n) is 6.05. The highest BCUT2D eigenvalue weighted by Gasteiger charge is 2.32. The predicted octanol–water partition coefficient (Wildman–Crippen LogP) is 6.07. The molecule has 1 aromatic heterocycles. The van der Waals surface area contributed by atoms with Crippen LogP contribution < -0.4 is 4.90 Å². The molecule has 0 bridgehead atoms. The van der Waals surface area contributed by atoms with Crippen molar-refractivity contribution in [1.82, 2.24) is 0 Å². The molecule has 1 aliphatic carbocycles. The second kappa shape index (κ2) is 8.59. The summed E-state index contributed by atoms with van der Waals surface area (Å²) in [6.45, 7) is 12.9. The van der Waals surface area contributed by atoms with Gasteiger partial charge in [0.1, 0.15) is 16.8 Å². The Morgan fingerprint density at radius 3 is 2.62 bits per heavy atom. The summed E-state index contributed by atoms with van der Waals surface area (Å²) < 4.78 is 0. The van der Waals surface area contributed by atoms with Crippen molar-refractivity contribution >= 4 is 28.2 Å². The van der Waals surface area contributed by atoms with Crippen LogP contribution in [0.5, 0.6) is 5.75 Å². The number of aromatic hydroxyl groups is 1. The topological polar surface area (TPSA) is 59.6 Å². The van der Waals surface area contributed by atoms with E-state index >= 15 is 0 Å². The van der Waals surface area contributed by atoms with Crippen LogP contribution in [0.3, 0.4) is 0 Å². The number of phenolic OH excluding ortho intramolecular Hbond substituents is 1. The molecule has 0 saturated carbocycles. The zero-order chi connectivity index (χ0) is 21.2. The van der Waals surface area contributed by atoms with Gasteiger partial charge in [-0.25, -0.2) is 4.99 Å². The number of fused-ring (bicyclic) bond motifs is 1. The number of hydrogen-bond donors (Lipinski definition) is 1. The molecule has 5 heteroatoms. The summed E-state index contributed by atoms with van der Waals surface area (Å²) in [6, 6.07) is 8.06. The van der Waals surface area contributed by atoms with Crippen molar-refractivity contribution in [1.29, 1.82) is 5.26 Å². The van der Waals surface area contributed by atoms with E-state index in [1.807, 2.05) is 12.1 Å². The molecule has 1 aliphatic rings. The molecule has 0 amide bonds. The van der Waals surface area contributed by atoms with Gasteiger partial charge in [-0.2, -0.15) is 5.26 Å². The van der Waals surface area contributed by atoms with E-state index in [9.17, 15) is 10.4 Å². The van der Waals surface area contributed by atoms with Gasteiger partial charge in [0.05, 0.1) is 5.56 Å². The van der Waals surface area contributed by atoms with Gasteiger partial charge in [0, 0.05) is 41.5 Å². The van der Waals surface area contributed by atoms with Crippen molar-refractivity contribution in [3.63, 3.8) is 0 Å². The van der Waals surface area contributed by atoms with Crippen LogP contribution in [-0.2, 0) is 12.8 Å². The molecule has 1 heterocycles. The molecule has 0 fully saturated rings. The number of benzene rings is 1. The third-order valence-corrected chi connectivity index (χ3v) is 7.21. The van der Waals surface area contributed by atoms with E-state index in [0.717, 1.165) is 43.0 Å². The van der Waals surface area contributed by atoms with Crippen molar-refractivity contribution in [2.24, 2.45) is 16.3 Å². The van der Waals surface area contributed by atoms with Gasteiger partial charge in [-0.3, -0.25) is 0 Å². The van der Waals surface area contributed by atoms with E-state index in [-0.39, 0.29) is 11.2 Å². The first-order valence-corrected chi connectivity index (χ1v) is 11.3. The summed E-state index contributed by atoms with van der Waals surface area (Å²) in [4.78, 5) is 8.11. The van der Waals surface area contributed by atoms with Gasteiger partial charge in [-0.1, -0.05) is 20.8 Å². The Balaban J connectivity index is 1.87. The van der Waals surface area contributed by atoms with Gasteiger partial charge >= 0.3 is 0 Å². The van der Waals surface area contributed by atoms with Gasteiger partial charge in [0.2, 0.25) is 0 Å². The Kier molecular flexibility index (Phi) is 6.33. The Labute approximate surface area is 178 Å². The van der Waals surface area contributed by atoms with E-state index in [1.165, 1.54) is 10.4 Å². The molecular formula is C24H31N3OS. The fourth-order valence-electron chi connectivity index (χ4n) is 4.07. The van der Waals surface area contributed by atoms with Crippen molar-refractivity contribution in [2.45, 2.75) is 53.9 Å². The number of aliphatic imine (C=N–C) groups is 1. The largest absolute Gasteiger partial charge is 0.507 e. The Morgan fingerprint density at radius 1 is 1.31 bits per heavy atom. The van der Waals surface area contributed by atoms with Gasteiger partial charge in [0.15, 0.2) is 0 Å². The minimum Gasteiger partial charge on any atom is -0.507 e. The lowest BCUT2D eigenvalue weighted by Crippen LogP contribution is -2.26. The summed E-state index contributed by atoms with van der Waals surface area (Å²) in [6.07, 6.45) is 4.78. The van der Waals surface area contributed by atoms with Crippen LogP contribution in [0.2, 0.25) is 0 Å². The minimum atomic E-state index is 0.214. The van der Waals surface area contributed by atoms with Crippen LogP contribution in [-0.4, -0.2) is 24.4 Å². The van der Waals surface area contributed by atoms with Crippen LogP contribution in [0.4, 0.5) is 10.7 Å². The highest BCUT2D eigenvalue weighted by Crippen LogP contribution is 2.45. The molecule has 154 valence electrons. The normalized spacial score (nSPS) is 16.6. The molecular weight excluding hydrogens is 378 g/mol. The van der Waals surface area contributed by atoms with E-state index in [4.69, 9.17) is 0 Å². The van der Waals surface area contributed by atoms with Gasteiger partial charge in [-0.05, 0) is 62.1 Å². The van der Waals surface area contributed by atoms with Gasteiger partial charge in [-0.15, -0.1) is 11.3 Å². The SMILES string of the molecule is CCN(CC)c1ccc(/C=N/c2sc3c(c2C#N)CCC(C(C)(C)C)C3)c(O)c1. The lowest BCUT2D eigenvalue weighted by Gasteiger charge is -2.33. The molecule has 4 nitrogen and oxygen atoms in total. The van der Waals surface area contributed by atoms with Crippen LogP contribution >= 0.6 is 11.3 Å². The number of hydrogen-bond acceptors (Lipinski definition) is 5. The van der Waals surface area contributed by atoms with Crippen LogP contribution in [0.25, 0.3) is 0 Å². The Bertz CT molecular complexity index is 942. The highest BCUT2D eigenvalue weighted by atomic mass is 32.1. The molecule has 1 atom stereocenters. The van der Waals surface area contributed by atoms with Crippen molar-refractivity contribution in [3.8, 4) is 11.8 Å². The number of phenols is 1. The average molecular weight is 410 g/mol. The smallest absolute Gasteiger partial charge is 0.134 e. The molecule has 1 unspecified atom stereocenters. The molecule has 3 rings (SSSR count). The summed E-state index contributed by atoms with van der Waals surface area (Å²) in [5, 5.41) is 20.9. The lowest BCUT2D eigenvalue weighted by atomic mass is 9.72. The zero-order valence-corrected chi connectivity index (χ0v) is 18.9. The molecule has 2 aromatic rings. The summed E-state index contributed by atoms with van der Waals surface area (Å²) in [7, 11) is 0. The fourth-order valence-corrected chi connectivity index (χ4v) is 5.29. The fraction of sp³-hybridized carbons (Fsp3) is 0.500. The molecule has 1 N–H and O–H groups in total. The second-order valence-corrected chi connectivity index (χ2v) is 9.86. The predicted molar refractivity (Wildman–Crippen MR) is 123 cm³/mol. The Hall–Kier alpha value is -2.32. The van der Waals surface area contributed by atoms with E-state index in [2.05, 4.69) is 50.6 Å². The molecule has 0 saturated heterocycles. The maximum atomic E-state index is 10.4. The highest BCUT2D eigenvalue weighted by molar-refractivity contribution is 7.16. The van der Waals surface area contributed by atoms with E-state index < -0.39 is 0 Å². The first-order valence-electron chi connectivity index (χ1n) is 10.4. The first kappa shape index (κ1) is 21.4. The van der Waals surface area contributed by atoms with Gasteiger partial charge < -0.3 is 10.0 Å². The number of nitriles is 1. The van der Waals surface area contributed by atoms with Crippen molar-refractivity contribution in [2.75, 3.05) is 18.0 Å². The number of thiophene rings is 1. The number of nitrogens with zero attached hydrogens (tertiary/aromatic N) is 3. The summed E-state index contributed by atoms with van der Waals surface area (Å²) >= 11 is 1.64. The minimum absolute atomic E-state index is 0.214. The molecule has 1 aromatic carbocycles. The maximum Gasteiger partial charge on any atom is 0.134 e. The van der Waals surface area contributed by atoms with E-state index in [1.54, 1.807) is 23.6 Å². The van der Waals surface area contributed by atoms with Crippen LogP contribution in [0, 0.1) is 22.7 Å². The number of anilines is 1. The Morgan fingerprint density at radius 2 is 2.03 bits per heavy atom. The molecule has 0 radical (unpaired) electrons. The standard InChI is InChI=1S/C24H31N3OS/c1-6-27(7-2)18-10-8-16(21(28)13-18)15-26-23-20(14-25)19-11-9-17(24(3,4)5)12-22(19)29-23/h8,10,13,15,17,28H,6-7,9,11-12H2,1-5H3/b26-15+. The van der Waals surface area contributed by atoms with Crippen molar-refractivity contribution in [3.05, 3.63) is 39.8 Å². The third kappa shape index (κ3) is 4.48. The van der Waals surface area contributed by atoms with Crippen molar-refractivity contribution < 1.29 is 5.11 Å².